The molecule has 2 aliphatic heterocycles. The number of hydrogen-bond acceptors (Lipinski definition) is 2. The number of fused-ring (bicyclic) bond motifs is 1. The quantitative estimate of drug-likeness (QED) is 0.690. The van der Waals surface area contributed by atoms with Crippen molar-refractivity contribution in [2.24, 2.45) is 11.8 Å². The number of ether oxygens (including phenoxy) is 1. The van der Waals surface area contributed by atoms with Gasteiger partial charge in [-0.25, -0.2) is 0 Å². The third kappa shape index (κ3) is 1.40. The lowest BCUT2D eigenvalue weighted by Crippen LogP contribution is -2.52. The molecule has 0 aromatic carbocycles. The van der Waals surface area contributed by atoms with Gasteiger partial charge >= 0.3 is 0 Å². The van der Waals surface area contributed by atoms with E-state index in [1.54, 1.807) is 0 Å². The second-order valence-corrected chi connectivity index (χ2v) is 5.81. The lowest BCUT2D eigenvalue weighted by atomic mass is 9.84. The van der Waals surface area contributed by atoms with Gasteiger partial charge in [-0.15, -0.1) is 0 Å². The lowest BCUT2D eigenvalue weighted by molar-refractivity contribution is -0.0513. The number of piperidine rings is 1. The van der Waals surface area contributed by atoms with Crippen LogP contribution in [0.3, 0.4) is 0 Å². The molecule has 0 radical (unpaired) electrons. The van der Waals surface area contributed by atoms with E-state index in [2.05, 4.69) is 19.2 Å². The van der Waals surface area contributed by atoms with Crippen LogP contribution in [0.4, 0.5) is 0 Å². The lowest BCUT2D eigenvalue weighted by Gasteiger charge is -2.40. The normalized spacial score (nSPS) is 51.2. The van der Waals surface area contributed by atoms with Crippen LogP contribution in [0.5, 0.6) is 0 Å². The number of nitrogens with one attached hydrogen (secondary N) is 1. The molecule has 4 atom stereocenters. The molecule has 1 saturated carbocycles. The molecule has 80 valence electrons. The summed E-state index contributed by atoms with van der Waals surface area (Å²) >= 11 is 0. The summed E-state index contributed by atoms with van der Waals surface area (Å²) in [6.45, 7) is 5.72. The van der Waals surface area contributed by atoms with Crippen LogP contribution >= 0.6 is 0 Å². The monoisotopic (exact) mass is 195 g/mol. The second-order valence-electron chi connectivity index (χ2n) is 5.81. The predicted molar refractivity (Wildman–Crippen MR) is 56.2 cm³/mol. The first kappa shape index (κ1) is 9.17. The van der Waals surface area contributed by atoms with E-state index in [1.807, 2.05) is 0 Å². The SMILES string of the molecule is CC(C)C1CCC2(CN1)CC1CC1O2. The van der Waals surface area contributed by atoms with E-state index in [0.717, 1.165) is 24.4 Å². The Kier molecular flexibility index (Phi) is 1.94. The summed E-state index contributed by atoms with van der Waals surface area (Å²) in [7, 11) is 0. The minimum Gasteiger partial charge on any atom is -0.370 e. The van der Waals surface area contributed by atoms with Gasteiger partial charge in [-0.3, -0.25) is 0 Å². The maximum atomic E-state index is 6.13. The van der Waals surface area contributed by atoms with E-state index in [0.29, 0.717) is 6.10 Å². The molecule has 1 aliphatic carbocycles. The van der Waals surface area contributed by atoms with Crippen molar-refractivity contribution in [3.63, 3.8) is 0 Å². The van der Waals surface area contributed by atoms with E-state index < -0.39 is 0 Å². The highest BCUT2D eigenvalue weighted by Gasteiger charge is 2.55. The van der Waals surface area contributed by atoms with Crippen LogP contribution in [0.1, 0.15) is 39.5 Å². The highest BCUT2D eigenvalue weighted by Crippen LogP contribution is 2.52. The van der Waals surface area contributed by atoms with E-state index in [-0.39, 0.29) is 5.60 Å². The zero-order valence-electron chi connectivity index (χ0n) is 9.25. The molecule has 3 rings (SSSR count). The average Bonchev–Trinajstić information content (AvgIpc) is 2.76. The van der Waals surface area contributed by atoms with Crippen LogP contribution in [0, 0.1) is 11.8 Å². The first-order valence-corrected chi connectivity index (χ1v) is 6.10. The van der Waals surface area contributed by atoms with Gasteiger partial charge in [0.05, 0.1) is 11.7 Å². The van der Waals surface area contributed by atoms with E-state index in [1.165, 1.54) is 25.7 Å². The van der Waals surface area contributed by atoms with Gasteiger partial charge in [0, 0.05) is 12.6 Å². The van der Waals surface area contributed by atoms with Crippen molar-refractivity contribution < 1.29 is 4.74 Å². The molecule has 14 heavy (non-hydrogen) atoms. The molecule has 3 fully saturated rings. The largest absolute Gasteiger partial charge is 0.370 e. The first-order chi connectivity index (χ1) is 6.69. The van der Waals surface area contributed by atoms with Crippen molar-refractivity contribution in [1.82, 2.24) is 5.32 Å². The van der Waals surface area contributed by atoms with E-state index in [9.17, 15) is 0 Å². The summed E-state index contributed by atoms with van der Waals surface area (Å²) in [4.78, 5) is 0. The second kappa shape index (κ2) is 2.96. The van der Waals surface area contributed by atoms with Gasteiger partial charge in [-0.05, 0) is 37.5 Å². The molecular weight excluding hydrogens is 174 g/mol. The molecule has 2 heteroatoms. The average molecular weight is 195 g/mol. The molecule has 4 unspecified atom stereocenters. The van der Waals surface area contributed by atoms with Crippen molar-refractivity contribution in [2.75, 3.05) is 6.54 Å². The van der Waals surface area contributed by atoms with Crippen molar-refractivity contribution >= 4 is 0 Å². The van der Waals surface area contributed by atoms with E-state index >= 15 is 0 Å². The predicted octanol–water partition coefficient (Wildman–Crippen LogP) is 1.94. The molecule has 0 bridgehead atoms. The molecule has 3 aliphatic rings. The Balaban J connectivity index is 1.60. The van der Waals surface area contributed by atoms with Gasteiger partial charge in [0.1, 0.15) is 0 Å². The van der Waals surface area contributed by atoms with Crippen LogP contribution in [-0.2, 0) is 4.74 Å². The first-order valence-electron chi connectivity index (χ1n) is 6.10. The highest BCUT2D eigenvalue weighted by molar-refractivity contribution is 5.06. The minimum atomic E-state index is 0.249. The van der Waals surface area contributed by atoms with Gasteiger partial charge in [-0.1, -0.05) is 13.8 Å². The maximum Gasteiger partial charge on any atom is 0.0814 e. The Labute approximate surface area is 86.4 Å². The van der Waals surface area contributed by atoms with Gasteiger partial charge in [-0.2, -0.15) is 0 Å². The molecule has 0 aromatic heterocycles. The topological polar surface area (TPSA) is 21.3 Å². The fourth-order valence-electron chi connectivity index (χ4n) is 3.20. The Bertz CT molecular complexity index is 218. The maximum absolute atomic E-state index is 6.13. The molecule has 0 amide bonds. The third-order valence-corrected chi connectivity index (χ3v) is 4.30. The summed E-state index contributed by atoms with van der Waals surface area (Å²) in [5.41, 5.74) is 0.249. The van der Waals surface area contributed by atoms with Crippen LogP contribution in [0.25, 0.3) is 0 Å². The smallest absolute Gasteiger partial charge is 0.0814 e. The Hall–Kier alpha value is -0.0800. The van der Waals surface area contributed by atoms with Crippen molar-refractivity contribution in [1.29, 1.82) is 0 Å². The summed E-state index contributed by atoms with van der Waals surface area (Å²) in [5, 5.41) is 3.67. The van der Waals surface area contributed by atoms with Crippen LogP contribution in [0.15, 0.2) is 0 Å². The fourth-order valence-corrected chi connectivity index (χ4v) is 3.20. The molecule has 0 aromatic rings. The van der Waals surface area contributed by atoms with E-state index in [4.69, 9.17) is 4.74 Å². The number of rotatable bonds is 1. The van der Waals surface area contributed by atoms with Crippen molar-refractivity contribution in [3.05, 3.63) is 0 Å². The Morgan fingerprint density at radius 3 is 2.79 bits per heavy atom. The summed E-state index contributed by atoms with van der Waals surface area (Å²) in [6, 6.07) is 0.723. The molecule has 1 spiro atoms. The van der Waals surface area contributed by atoms with Crippen molar-refractivity contribution in [2.45, 2.75) is 57.3 Å². The van der Waals surface area contributed by atoms with Gasteiger partial charge < -0.3 is 10.1 Å². The standard InChI is InChI=1S/C12H21NO/c1-8(2)10-3-4-12(7-13-10)6-9-5-11(9)14-12/h8-11,13H,3-7H2,1-2H3. The zero-order valence-corrected chi connectivity index (χ0v) is 9.25. The summed E-state index contributed by atoms with van der Waals surface area (Å²) < 4.78 is 6.13. The van der Waals surface area contributed by atoms with Crippen LogP contribution < -0.4 is 5.32 Å². The van der Waals surface area contributed by atoms with Gasteiger partial charge in [0.25, 0.3) is 0 Å². The fraction of sp³-hybridized carbons (Fsp3) is 1.00. The van der Waals surface area contributed by atoms with Crippen LogP contribution in [0.2, 0.25) is 0 Å². The van der Waals surface area contributed by atoms with Crippen molar-refractivity contribution in [3.8, 4) is 0 Å². The highest BCUT2D eigenvalue weighted by atomic mass is 16.5. The summed E-state index contributed by atoms with van der Waals surface area (Å²) in [6.07, 6.45) is 5.91. The summed E-state index contributed by atoms with van der Waals surface area (Å²) in [5.74, 6) is 1.69. The molecule has 2 nitrogen and oxygen atoms in total. The van der Waals surface area contributed by atoms with Gasteiger partial charge in [0.2, 0.25) is 0 Å². The molecular formula is C12H21NO. The molecule has 2 saturated heterocycles. The Morgan fingerprint density at radius 1 is 1.43 bits per heavy atom. The third-order valence-electron chi connectivity index (χ3n) is 4.30. The van der Waals surface area contributed by atoms with Gasteiger partial charge in [0.15, 0.2) is 0 Å². The Morgan fingerprint density at radius 2 is 2.29 bits per heavy atom. The molecule has 1 N–H and O–H groups in total. The van der Waals surface area contributed by atoms with Crippen LogP contribution in [-0.4, -0.2) is 24.3 Å². The molecule has 2 heterocycles. The minimum absolute atomic E-state index is 0.249. The number of hydrogen-bond donors (Lipinski definition) is 1. The zero-order chi connectivity index (χ0) is 9.76.